The van der Waals surface area contributed by atoms with Crippen LogP contribution in [0.3, 0.4) is 0 Å². The van der Waals surface area contributed by atoms with Crippen LogP contribution in [-0.2, 0) is 17.6 Å². The lowest BCUT2D eigenvalue weighted by Crippen LogP contribution is -2.29. The van der Waals surface area contributed by atoms with Gasteiger partial charge in [0.25, 0.3) is 0 Å². The third-order valence-electron chi connectivity index (χ3n) is 5.19. The van der Waals surface area contributed by atoms with Gasteiger partial charge in [-0.2, -0.15) is 0 Å². The number of aliphatic hydroxyl groups is 1. The summed E-state index contributed by atoms with van der Waals surface area (Å²) in [5, 5.41) is 14.6. The van der Waals surface area contributed by atoms with Crippen LogP contribution in [0.2, 0.25) is 0 Å². The Morgan fingerprint density at radius 2 is 2.00 bits per heavy atom. The van der Waals surface area contributed by atoms with E-state index in [4.69, 9.17) is 4.52 Å². The zero-order valence-electron chi connectivity index (χ0n) is 16.4. The van der Waals surface area contributed by atoms with Crippen molar-refractivity contribution in [1.82, 2.24) is 5.16 Å². The molecule has 6 heteroatoms. The zero-order chi connectivity index (χ0) is 19.6. The van der Waals surface area contributed by atoms with E-state index in [1.165, 1.54) is 0 Å². The Morgan fingerprint density at radius 1 is 1.22 bits per heavy atom. The molecule has 6 nitrogen and oxygen atoms in total. The van der Waals surface area contributed by atoms with Gasteiger partial charge in [0.05, 0.1) is 16.8 Å². The molecule has 0 amide bonds. The van der Waals surface area contributed by atoms with Crippen molar-refractivity contribution in [3.8, 4) is 0 Å². The van der Waals surface area contributed by atoms with Crippen LogP contribution in [0.5, 0.6) is 0 Å². The van der Waals surface area contributed by atoms with Gasteiger partial charge in [0.15, 0.2) is 11.6 Å². The zero-order valence-corrected chi connectivity index (χ0v) is 16.4. The van der Waals surface area contributed by atoms with Crippen molar-refractivity contribution in [3.63, 3.8) is 0 Å². The molecular formula is C21H28N2O4. The summed E-state index contributed by atoms with van der Waals surface area (Å²) < 4.78 is 5.35. The fourth-order valence-corrected chi connectivity index (χ4v) is 3.94. The fourth-order valence-electron chi connectivity index (χ4n) is 3.94. The molecule has 2 aliphatic rings. The number of carbonyl (C=O) groups is 2. The summed E-state index contributed by atoms with van der Waals surface area (Å²) in [6.07, 6.45) is 4.72. The minimum Gasteiger partial charge on any atom is -0.511 e. The summed E-state index contributed by atoms with van der Waals surface area (Å²) in [7, 11) is 0. The SMILES string of the molecule is CCCN=C(CCc1noc2c1C(=O)CCC2)C1=C(O)CC(C)(C)CC1=O. The largest absolute Gasteiger partial charge is 0.511 e. The van der Waals surface area contributed by atoms with E-state index in [-0.39, 0.29) is 22.7 Å². The number of nitrogens with zero attached hydrogens (tertiary/aromatic N) is 2. The van der Waals surface area contributed by atoms with Crippen LogP contribution in [0.1, 0.15) is 81.1 Å². The van der Waals surface area contributed by atoms with Crippen LogP contribution in [0.4, 0.5) is 0 Å². The van der Waals surface area contributed by atoms with E-state index in [0.717, 1.165) is 19.3 Å². The number of fused-ring (bicyclic) bond motifs is 1. The highest BCUT2D eigenvalue weighted by Gasteiger charge is 2.35. The van der Waals surface area contributed by atoms with Gasteiger partial charge in [-0.3, -0.25) is 14.6 Å². The van der Waals surface area contributed by atoms with Crippen LogP contribution in [0.25, 0.3) is 0 Å². The maximum Gasteiger partial charge on any atom is 0.168 e. The topological polar surface area (TPSA) is 92.8 Å². The molecule has 3 rings (SSSR count). The van der Waals surface area contributed by atoms with E-state index in [1.807, 2.05) is 20.8 Å². The quantitative estimate of drug-likeness (QED) is 0.756. The molecular weight excluding hydrogens is 344 g/mol. The lowest BCUT2D eigenvalue weighted by atomic mass is 9.75. The highest BCUT2D eigenvalue weighted by Crippen LogP contribution is 2.36. The summed E-state index contributed by atoms with van der Waals surface area (Å²) in [5.41, 5.74) is 2.01. The number of aryl methyl sites for hydroxylation is 2. The Bertz CT molecular complexity index is 814. The van der Waals surface area contributed by atoms with E-state index in [9.17, 15) is 14.7 Å². The molecule has 27 heavy (non-hydrogen) atoms. The van der Waals surface area contributed by atoms with E-state index >= 15 is 0 Å². The predicted molar refractivity (Wildman–Crippen MR) is 102 cm³/mol. The van der Waals surface area contributed by atoms with Crippen LogP contribution < -0.4 is 0 Å². The lowest BCUT2D eigenvalue weighted by Gasteiger charge is -2.30. The van der Waals surface area contributed by atoms with Crippen molar-refractivity contribution in [3.05, 3.63) is 28.3 Å². The third-order valence-corrected chi connectivity index (χ3v) is 5.19. The van der Waals surface area contributed by atoms with Crippen molar-refractivity contribution < 1.29 is 19.2 Å². The summed E-state index contributed by atoms with van der Waals surface area (Å²) in [4.78, 5) is 29.5. The van der Waals surface area contributed by atoms with Gasteiger partial charge < -0.3 is 9.63 Å². The molecule has 0 aromatic carbocycles. The molecule has 146 valence electrons. The molecule has 1 aromatic rings. The van der Waals surface area contributed by atoms with E-state index in [1.54, 1.807) is 0 Å². The van der Waals surface area contributed by atoms with Gasteiger partial charge in [0.2, 0.25) is 0 Å². The average Bonchev–Trinajstić information content (AvgIpc) is 2.99. The molecule has 0 atom stereocenters. The molecule has 2 aliphatic carbocycles. The maximum absolute atomic E-state index is 12.7. The molecule has 0 saturated carbocycles. The summed E-state index contributed by atoms with van der Waals surface area (Å²) in [5.74, 6) is 0.823. The first-order valence-electron chi connectivity index (χ1n) is 9.82. The number of allylic oxidation sites excluding steroid dienone is 2. The number of hydrogen-bond donors (Lipinski definition) is 1. The summed E-state index contributed by atoms with van der Waals surface area (Å²) >= 11 is 0. The Labute approximate surface area is 159 Å². The van der Waals surface area contributed by atoms with E-state index in [2.05, 4.69) is 10.1 Å². The normalized spacial score (nSPS) is 20.2. The van der Waals surface area contributed by atoms with Gasteiger partial charge in [0.1, 0.15) is 11.5 Å². The van der Waals surface area contributed by atoms with Crippen molar-refractivity contribution in [1.29, 1.82) is 0 Å². The van der Waals surface area contributed by atoms with Crippen LogP contribution in [0, 0.1) is 5.41 Å². The van der Waals surface area contributed by atoms with Crippen molar-refractivity contribution in [2.24, 2.45) is 10.4 Å². The fraction of sp³-hybridized carbons (Fsp3) is 0.619. The monoisotopic (exact) mass is 372 g/mol. The van der Waals surface area contributed by atoms with Gasteiger partial charge >= 0.3 is 0 Å². The van der Waals surface area contributed by atoms with Crippen molar-refractivity contribution >= 4 is 17.3 Å². The van der Waals surface area contributed by atoms with Gasteiger partial charge in [0, 0.05) is 37.9 Å². The van der Waals surface area contributed by atoms with Crippen LogP contribution in [-0.4, -0.2) is 34.1 Å². The molecule has 0 bridgehead atoms. The molecule has 0 fully saturated rings. The molecule has 1 N–H and O–H groups in total. The maximum atomic E-state index is 12.7. The van der Waals surface area contributed by atoms with E-state index < -0.39 is 0 Å². The second-order valence-electron chi connectivity index (χ2n) is 8.30. The van der Waals surface area contributed by atoms with Gasteiger partial charge in [-0.25, -0.2) is 0 Å². The number of Topliss-reactive ketones (excluding diaryl/α,β-unsaturated/α-hetero) is 2. The Hall–Kier alpha value is -2.24. The Kier molecular flexibility index (Phi) is 5.63. The average molecular weight is 372 g/mol. The first-order chi connectivity index (χ1) is 12.8. The smallest absolute Gasteiger partial charge is 0.168 e. The molecule has 1 heterocycles. The Balaban J connectivity index is 1.84. The minimum atomic E-state index is -0.238. The standard InChI is InChI=1S/C21H28N2O4/c1-4-10-22-13(19-16(25)11-21(2,3)12-17(19)26)8-9-14-20-15(24)6-5-7-18(20)27-23-14/h25H,4-12H2,1-3H3. The molecule has 0 unspecified atom stereocenters. The molecule has 1 aromatic heterocycles. The summed E-state index contributed by atoms with van der Waals surface area (Å²) in [6, 6.07) is 0. The number of rotatable bonds is 6. The number of carbonyl (C=O) groups excluding carboxylic acids is 2. The highest BCUT2D eigenvalue weighted by atomic mass is 16.5. The van der Waals surface area contributed by atoms with Crippen molar-refractivity contribution in [2.45, 2.75) is 72.1 Å². The van der Waals surface area contributed by atoms with Gasteiger partial charge in [-0.05, 0) is 31.1 Å². The van der Waals surface area contributed by atoms with E-state index in [0.29, 0.717) is 67.0 Å². The molecule has 0 spiro atoms. The summed E-state index contributed by atoms with van der Waals surface area (Å²) in [6.45, 7) is 6.58. The minimum absolute atomic E-state index is 0.0585. The first-order valence-corrected chi connectivity index (χ1v) is 9.82. The highest BCUT2D eigenvalue weighted by molar-refractivity contribution is 6.23. The van der Waals surface area contributed by atoms with Gasteiger partial charge in [-0.15, -0.1) is 0 Å². The Morgan fingerprint density at radius 3 is 2.70 bits per heavy atom. The number of aromatic nitrogens is 1. The number of hydrogen-bond acceptors (Lipinski definition) is 6. The molecule has 0 saturated heterocycles. The second-order valence-corrected chi connectivity index (χ2v) is 8.30. The molecule has 0 radical (unpaired) electrons. The molecule has 0 aliphatic heterocycles. The van der Waals surface area contributed by atoms with Crippen LogP contribution >= 0.6 is 0 Å². The van der Waals surface area contributed by atoms with Crippen molar-refractivity contribution in [2.75, 3.05) is 6.54 Å². The van der Waals surface area contributed by atoms with Crippen LogP contribution in [0.15, 0.2) is 20.8 Å². The number of aliphatic hydroxyl groups excluding tert-OH is 1. The third kappa shape index (κ3) is 4.20. The van der Waals surface area contributed by atoms with Gasteiger partial charge in [-0.1, -0.05) is 25.9 Å². The lowest BCUT2D eigenvalue weighted by molar-refractivity contribution is -0.118. The first kappa shape index (κ1) is 19.5. The number of aliphatic imine (C=N–C) groups is 1. The second kappa shape index (κ2) is 7.79. The predicted octanol–water partition coefficient (Wildman–Crippen LogP) is 4.18. The number of ketones is 2.